The molecule has 0 saturated heterocycles. The number of rotatable bonds is 4. The van der Waals surface area contributed by atoms with Crippen LogP contribution in [0.2, 0.25) is 10.2 Å². The van der Waals surface area contributed by atoms with Gasteiger partial charge in [-0.15, -0.1) is 0 Å². The van der Waals surface area contributed by atoms with Crippen LogP contribution in [0, 0.1) is 13.8 Å². The molecule has 1 heterocycles. The van der Waals surface area contributed by atoms with Crippen molar-refractivity contribution in [3.05, 3.63) is 50.8 Å². The molecule has 1 atom stereocenters. The van der Waals surface area contributed by atoms with E-state index in [0.717, 1.165) is 27.4 Å². The summed E-state index contributed by atoms with van der Waals surface area (Å²) >= 11 is 12.3. The van der Waals surface area contributed by atoms with Gasteiger partial charge in [0.05, 0.1) is 11.7 Å². The molecule has 0 aliphatic rings. The molecule has 0 saturated carbocycles. The molecule has 108 valence electrons. The normalized spacial score (nSPS) is 12.7. The van der Waals surface area contributed by atoms with E-state index in [0.29, 0.717) is 11.6 Å². The summed E-state index contributed by atoms with van der Waals surface area (Å²) in [7, 11) is 1.83. The van der Waals surface area contributed by atoms with E-state index >= 15 is 0 Å². The molecule has 1 unspecified atom stereocenters. The second-order valence-corrected chi connectivity index (χ2v) is 5.70. The average Bonchev–Trinajstić information content (AvgIpc) is 2.62. The van der Waals surface area contributed by atoms with Crippen LogP contribution in [0.5, 0.6) is 0 Å². The Balaban J connectivity index is 2.33. The second-order valence-electron chi connectivity index (χ2n) is 4.90. The largest absolute Gasteiger partial charge is 0.271 e. The van der Waals surface area contributed by atoms with E-state index in [1.165, 1.54) is 0 Å². The van der Waals surface area contributed by atoms with Gasteiger partial charge in [-0.25, -0.2) is 0 Å². The van der Waals surface area contributed by atoms with Crippen molar-refractivity contribution in [2.75, 3.05) is 0 Å². The Morgan fingerprint density at radius 1 is 1.35 bits per heavy atom. The first kappa shape index (κ1) is 15.3. The van der Waals surface area contributed by atoms with Gasteiger partial charge in [0.15, 0.2) is 0 Å². The molecular weight excluding hydrogens is 295 g/mol. The smallest absolute Gasteiger partial charge is 0.130 e. The topological polar surface area (TPSA) is 55.9 Å². The lowest BCUT2D eigenvalue weighted by Gasteiger charge is -2.19. The maximum Gasteiger partial charge on any atom is 0.130 e. The fraction of sp³-hybridized carbons (Fsp3) is 0.357. The summed E-state index contributed by atoms with van der Waals surface area (Å²) in [5.41, 5.74) is 6.98. The average molecular weight is 313 g/mol. The van der Waals surface area contributed by atoms with Crippen LogP contribution in [0.3, 0.4) is 0 Å². The Bertz CT molecular complexity index is 622. The van der Waals surface area contributed by atoms with Crippen LogP contribution in [0.4, 0.5) is 0 Å². The molecule has 2 aromatic rings. The van der Waals surface area contributed by atoms with Crippen molar-refractivity contribution in [1.29, 1.82) is 0 Å². The number of halogens is 2. The third-order valence-corrected chi connectivity index (χ3v) is 4.19. The second kappa shape index (κ2) is 6.14. The van der Waals surface area contributed by atoms with Gasteiger partial charge in [-0.05, 0) is 43.5 Å². The Hall–Kier alpha value is -1.07. The molecule has 0 bridgehead atoms. The molecule has 1 aromatic carbocycles. The van der Waals surface area contributed by atoms with Crippen LogP contribution in [0.15, 0.2) is 18.2 Å². The molecule has 0 spiro atoms. The van der Waals surface area contributed by atoms with Gasteiger partial charge in [-0.3, -0.25) is 16.0 Å². The molecule has 2 rings (SSSR count). The number of aromatic nitrogens is 2. The summed E-state index contributed by atoms with van der Waals surface area (Å²) in [6.07, 6.45) is 0.678. The van der Waals surface area contributed by atoms with Crippen LogP contribution >= 0.6 is 23.2 Å². The van der Waals surface area contributed by atoms with Gasteiger partial charge in [0.25, 0.3) is 0 Å². The van der Waals surface area contributed by atoms with Crippen LogP contribution in [-0.4, -0.2) is 9.78 Å². The number of nitrogens with two attached hydrogens (primary N) is 1. The van der Waals surface area contributed by atoms with Gasteiger partial charge in [-0.2, -0.15) is 5.10 Å². The summed E-state index contributed by atoms with van der Waals surface area (Å²) < 4.78 is 1.68. The molecule has 1 aromatic heterocycles. The summed E-state index contributed by atoms with van der Waals surface area (Å²) in [6, 6.07) is 5.75. The minimum absolute atomic E-state index is 0.0346. The number of aryl methyl sites for hydroxylation is 3. The van der Waals surface area contributed by atoms with Crippen molar-refractivity contribution in [2.45, 2.75) is 26.3 Å². The van der Waals surface area contributed by atoms with Gasteiger partial charge < -0.3 is 0 Å². The molecule has 20 heavy (non-hydrogen) atoms. The number of nitrogens with zero attached hydrogens (tertiary/aromatic N) is 2. The first-order chi connectivity index (χ1) is 9.43. The van der Waals surface area contributed by atoms with Gasteiger partial charge in [0.2, 0.25) is 0 Å². The summed E-state index contributed by atoms with van der Waals surface area (Å²) in [5, 5.41) is 5.69. The Kier molecular flexibility index (Phi) is 4.70. The fourth-order valence-corrected chi connectivity index (χ4v) is 2.88. The molecule has 0 fully saturated rings. The van der Waals surface area contributed by atoms with E-state index in [4.69, 9.17) is 29.0 Å². The molecule has 0 amide bonds. The highest BCUT2D eigenvalue weighted by atomic mass is 35.5. The van der Waals surface area contributed by atoms with Crippen LogP contribution in [-0.2, 0) is 13.5 Å². The molecule has 0 aliphatic heterocycles. The summed E-state index contributed by atoms with van der Waals surface area (Å²) in [4.78, 5) is 0. The first-order valence-corrected chi connectivity index (χ1v) is 7.09. The maximum absolute atomic E-state index is 6.28. The highest BCUT2D eigenvalue weighted by Gasteiger charge is 2.19. The molecule has 4 nitrogen and oxygen atoms in total. The molecular formula is C14H18Cl2N4. The van der Waals surface area contributed by atoms with Crippen molar-refractivity contribution in [2.24, 2.45) is 12.9 Å². The Morgan fingerprint density at radius 2 is 2.05 bits per heavy atom. The van der Waals surface area contributed by atoms with Crippen LogP contribution in [0.1, 0.15) is 28.4 Å². The zero-order valence-electron chi connectivity index (χ0n) is 11.7. The number of benzene rings is 1. The zero-order valence-corrected chi connectivity index (χ0v) is 13.3. The lowest BCUT2D eigenvalue weighted by atomic mass is 9.96. The summed E-state index contributed by atoms with van der Waals surface area (Å²) in [5.74, 6) is 5.71. The predicted molar refractivity (Wildman–Crippen MR) is 82.9 cm³/mol. The van der Waals surface area contributed by atoms with Crippen LogP contribution in [0.25, 0.3) is 0 Å². The van der Waals surface area contributed by atoms with E-state index in [9.17, 15) is 0 Å². The van der Waals surface area contributed by atoms with Gasteiger partial charge >= 0.3 is 0 Å². The van der Waals surface area contributed by atoms with E-state index in [1.54, 1.807) is 4.68 Å². The number of nitrogens with one attached hydrogen (secondary N) is 1. The molecule has 6 heteroatoms. The molecule has 0 aliphatic carbocycles. The van der Waals surface area contributed by atoms with Crippen molar-refractivity contribution < 1.29 is 0 Å². The minimum atomic E-state index is -0.0346. The third kappa shape index (κ3) is 2.99. The van der Waals surface area contributed by atoms with Gasteiger partial charge in [-0.1, -0.05) is 29.3 Å². The van der Waals surface area contributed by atoms with Crippen molar-refractivity contribution in [3.8, 4) is 0 Å². The Morgan fingerprint density at radius 3 is 2.55 bits per heavy atom. The molecule has 3 N–H and O–H groups in total. The van der Waals surface area contributed by atoms with Crippen molar-refractivity contribution >= 4 is 23.2 Å². The SMILES string of the molecule is Cc1cc(Cl)ccc1C(Cc1c(C)nn(C)c1Cl)NN. The van der Waals surface area contributed by atoms with Crippen molar-refractivity contribution in [3.63, 3.8) is 0 Å². The lowest BCUT2D eigenvalue weighted by molar-refractivity contribution is 0.548. The highest BCUT2D eigenvalue weighted by Crippen LogP contribution is 2.28. The standard InChI is InChI=1S/C14H18Cl2N4/c1-8-6-10(15)4-5-11(8)13(18-17)7-12-9(2)19-20(3)14(12)16/h4-6,13,18H,7,17H2,1-3H3. The third-order valence-electron chi connectivity index (χ3n) is 3.49. The van der Waals surface area contributed by atoms with E-state index in [-0.39, 0.29) is 6.04 Å². The van der Waals surface area contributed by atoms with Gasteiger partial charge in [0.1, 0.15) is 5.15 Å². The lowest BCUT2D eigenvalue weighted by Crippen LogP contribution is -2.30. The highest BCUT2D eigenvalue weighted by molar-refractivity contribution is 6.30. The number of hydrogen-bond donors (Lipinski definition) is 2. The molecule has 0 radical (unpaired) electrons. The zero-order chi connectivity index (χ0) is 14.9. The monoisotopic (exact) mass is 312 g/mol. The minimum Gasteiger partial charge on any atom is -0.271 e. The van der Waals surface area contributed by atoms with Gasteiger partial charge in [0, 0.05) is 17.6 Å². The number of hydrazine groups is 1. The quantitative estimate of drug-likeness (QED) is 0.674. The van der Waals surface area contributed by atoms with E-state index < -0.39 is 0 Å². The van der Waals surface area contributed by atoms with Crippen molar-refractivity contribution in [1.82, 2.24) is 15.2 Å². The van der Waals surface area contributed by atoms with Crippen LogP contribution < -0.4 is 11.3 Å². The van der Waals surface area contributed by atoms with E-state index in [2.05, 4.69) is 10.5 Å². The Labute approximate surface area is 128 Å². The fourth-order valence-electron chi connectivity index (χ4n) is 2.40. The first-order valence-electron chi connectivity index (χ1n) is 6.34. The predicted octanol–water partition coefficient (Wildman–Crippen LogP) is 3.09. The van der Waals surface area contributed by atoms with E-state index in [1.807, 2.05) is 39.1 Å². The summed E-state index contributed by atoms with van der Waals surface area (Å²) in [6.45, 7) is 3.97. The maximum atomic E-state index is 6.28. The number of hydrogen-bond acceptors (Lipinski definition) is 3.